The number of aliphatic carboxylic acids is 1. The molecule has 0 aliphatic heterocycles. The van der Waals surface area contributed by atoms with Crippen LogP contribution in [-0.2, 0) is 4.79 Å². The average Bonchev–Trinajstić information content (AvgIpc) is 1.84. The van der Waals surface area contributed by atoms with E-state index in [4.69, 9.17) is 12.2 Å². The minimum Gasteiger partial charge on any atom is -0.480 e. The fourth-order valence-electron chi connectivity index (χ4n) is 0.474. The lowest BCUT2D eigenvalue weighted by Gasteiger charge is -2.02. The first-order valence-electron chi connectivity index (χ1n) is 3.53. The second-order valence-electron chi connectivity index (χ2n) is 1.93. The lowest BCUT2D eigenvalue weighted by atomic mass is 10.1. The Morgan fingerprint density at radius 3 is 2.89 bits per heavy atom. The van der Waals surface area contributed by atoms with Crippen LogP contribution in [0.2, 0.25) is 0 Å². The Balaban J connectivity index is 3.75. The number of hydrogen-bond donors (Lipinski definition) is 2. The molecule has 0 aromatic rings. The molecule has 0 saturated carbocycles. The molecule has 3 N–H and O–H groups in total. The third-order valence-corrected chi connectivity index (χ3v) is 1.07. The Morgan fingerprint density at radius 2 is 2.56 bits per heavy atom. The highest BCUT2D eigenvalue weighted by Gasteiger charge is 2.08. The van der Waals surface area contributed by atoms with Crippen molar-refractivity contribution in [3.63, 3.8) is 0 Å². The van der Waals surface area contributed by atoms with E-state index in [1.807, 2.05) is 6.92 Å². The zero-order valence-corrected chi connectivity index (χ0v) is 5.55. The van der Waals surface area contributed by atoms with Crippen molar-refractivity contribution in [2.75, 3.05) is 0 Å². The van der Waals surface area contributed by atoms with E-state index in [0.29, 0.717) is 6.42 Å². The Labute approximate surface area is 56.3 Å². The van der Waals surface area contributed by atoms with E-state index in [0.717, 1.165) is 6.42 Å². The van der Waals surface area contributed by atoms with Gasteiger partial charge in [0, 0.05) is 0 Å². The molecular weight excluding hydrogens is 118 g/mol. The fraction of sp³-hybridized carbons (Fsp3) is 0.833. The maximum Gasteiger partial charge on any atom is 0.320 e. The molecule has 0 heterocycles. The molecule has 0 spiro atoms. The number of rotatable bonds is 4. The largest absolute Gasteiger partial charge is 0.480 e. The second kappa shape index (κ2) is 4.32. The van der Waals surface area contributed by atoms with Crippen molar-refractivity contribution in [1.29, 1.82) is 0 Å². The first-order valence-corrected chi connectivity index (χ1v) is 3.03. The summed E-state index contributed by atoms with van der Waals surface area (Å²) >= 11 is 0. The van der Waals surface area contributed by atoms with E-state index < -0.39 is 12.0 Å². The zero-order chi connectivity index (χ0) is 8.20. The predicted molar refractivity (Wildman–Crippen MR) is 35.1 cm³/mol. The van der Waals surface area contributed by atoms with Crippen molar-refractivity contribution in [3.05, 3.63) is 0 Å². The smallest absolute Gasteiger partial charge is 0.320 e. The summed E-state index contributed by atoms with van der Waals surface area (Å²) in [5, 5.41) is 8.36. The lowest BCUT2D eigenvalue weighted by molar-refractivity contribution is -0.138. The summed E-state index contributed by atoms with van der Waals surface area (Å²) < 4.78 is 7.06. The molecule has 0 saturated heterocycles. The van der Waals surface area contributed by atoms with Crippen molar-refractivity contribution in [2.45, 2.75) is 32.2 Å². The van der Waals surface area contributed by atoms with Crippen molar-refractivity contribution >= 4 is 5.97 Å². The molecule has 0 aromatic carbocycles. The number of unbranched alkanes of at least 4 members (excludes halogenated alkanes) is 1. The third-order valence-electron chi connectivity index (χ3n) is 1.07. The summed E-state index contributed by atoms with van der Waals surface area (Å²) in [4.78, 5) is 10.2. The van der Waals surface area contributed by atoms with Gasteiger partial charge in [-0.25, -0.2) is 0 Å². The SMILES string of the molecule is [2H]C(N)(CCCC)C(=O)O. The van der Waals surface area contributed by atoms with Crippen LogP contribution in [0.5, 0.6) is 0 Å². The Bertz CT molecular complexity index is 125. The van der Waals surface area contributed by atoms with Gasteiger partial charge in [-0.15, -0.1) is 0 Å². The number of carboxylic acid groups (broad SMARTS) is 1. The fourth-order valence-corrected chi connectivity index (χ4v) is 0.474. The first kappa shape index (κ1) is 6.55. The summed E-state index contributed by atoms with van der Waals surface area (Å²) in [5.41, 5.74) is 5.11. The van der Waals surface area contributed by atoms with Crippen LogP contribution in [0.25, 0.3) is 0 Å². The monoisotopic (exact) mass is 132 g/mol. The molecule has 0 aliphatic rings. The van der Waals surface area contributed by atoms with E-state index in [1.165, 1.54) is 0 Å². The maximum absolute atomic E-state index is 10.2. The normalized spacial score (nSPS) is 18.2. The van der Waals surface area contributed by atoms with Gasteiger partial charge in [-0.05, 0) is 6.42 Å². The number of hydrogen-bond acceptors (Lipinski definition) is 2. The van der Waals surface area contributed by atoms with Gasteiger partial charge in [0.25, 0.3) is 0 Å². The van der Waals surface area contributed by atoms with Crippen LogP contribution in [0.15, 0.2) is 0 Å². The summed E-state index contributed by atoms with van der Waals surface area (Å²) in [6.07, 6.45) is 1.77. The summed E-state index contributed by atoms with van der Waals surface area (Å²) in [7, 11) is 0. The second-order valence-corrected chi connectivity index (χ2v) is 1.93. The van der Waals surface area contributed by atoms with Crippen LogP contribution in [0, 0.1) is 0 Å². The highest BCUT2D eigenvalue weighted by Crippen LogP contribution is 1.96. The van der Waals surface area contributed by atoms with Gasteiger partial charge >= 0.3 is 5.97 Å². The lowest BCUT2D eigenvalue weighted by Crippen LogP contribution is -2.29. The molecule has 1 unspecified atom stereocenters. The van der Waals surface area contributed by atoms with E-state index in [-0.39, 0.29) is 6.42 Å². The van der Waals surface area contributed by atoms with Crippen molar-refractivity contribution in [1.82, 2.24) is 0 Å². The van der Waals surface area contributed by atoms with Crippen LogP contribution >= 0.6 is 0 Å². The van der Waals surface area contributed by atoms with E-state index >= 15 is 0 Å². The minimum absolute atomic E-state index is 0.221. The number of nitrogens with two attached hydrogens (primary N) is 1. The number of carboxylic acids is 1. The Kier molecular flexibility index (Phi) is 3.15. The number of carbonyl (C=O) groups is 1. The molecule has 9 heavy (non-hydrogen) atoms. The highest BCUT2D eigenvalue weighted by molar-refractivity contribution is 5.72. The van der Waals surface area contributed by atoms with Crippen LogP contribution in [-0.4, -0.2) is 17.1 Å². The maximum atomic E-state index is 10.2. The van der Waals surface area contributed by atoms with Crippen LogP contribution in [0.3, 0.4) is 0 Å². The average molecular weight is 132 g/mol. The van der Waals surface area contributed by atoms with E-state index in [2.05, 4.69) is 0 Å². The van der Waals surface area contributed by atoms with Crippen molar-refractivity contribution in [2.24, 2.45) is 5.73 Å². The topological polar surface area (TPSA) is 63.3 Å². The van der Waals surface area contributed by atoms with Gasteiger partial charge in [0.05, 0.1) is 1.37 Å². The molecule has 0 bridgehead atoms. The van der Waals surface area contributed by atoms with Gasteiger partial charge in [0.2, 0.25) is 0 Å². The zero-order valence-electron chi connectivity index (χ0n) is 6.55. The Morgan fingerprint density at radius 1 is 2.00 bits per heavy atom. The first-order chi connectivity index (χ1) is 4.50. The van der Waals surface area contributed by atoms with E-state index in [1.54, 1.807) is 0 Å². The van der Waals surface area contributed by atoms with Crippen molar-refractivity contribution in [3.8, 4) is 0 Å². The molecular formula is C6H13NO2. The highest BCUT2D eigenvalue weighted by atomic mass is 16.4. The standard InChI is InChI=1S/C6H13NO2/c1-2-3-4-5(7)6(8)9/h5H,2-4,7H2,1H3,(H,8,9)/i5D. The quantitative estimate of drug-likeness (QED) is 0.588. The third kappa shape index (κ3) is 3.97. The molecule has 3 heteroatoms. The van der Waals surface area contributed by atoms with Crippen LogP contribution in [0.4, 0.5) is 0 Å². The Hall–Kier alpha value is -0.570. The van der Waals surface area contributed by atoms with Gasteiger partial charge in [-0.3, -0.25) is 4.79 Å². The van der Waals surface area contributed by atoms with Gasteiger partial charge in [-0.2, -0.15) is 0 Å². The van der Waals surface area contributed by atoms with Gasteiger partial charge in [0.1, 0.15) is 6.02 Å². The van der Waals surface area contributed by atoms with Gasteiger partial charge in [0.15, 0.2) is 0 Å². The van der Waals surface area contributed by atoms with E-state index in [9.17, 15) is 4.79 Å². The van der Waals surface area contributed by atoms with Crippen molar-refractivity contribution < 1.29 is 11.3 Å². The van der Waals surface area contributed by atoms with Gasteiger partial charge < -0.3 is 10.8 Å². The summed E-state index contributed by atoms with van der Waals surface area (Å²) in [6, 6.07) is -1.78. The molecule has 3 nitrogen and oxygen atoms in total. The molecule has 54 valence electrons. The van der Waals surface area contributed by atoms with Crippen LogP contribution < -0.4 is 5.73 Å². The van der Waals surface area contributed by atoms with Gasteiger partial charge in [-0.1, -0.05) is 19.8 Å². The predicted octanol–water partition coefficient (Wildman–Crippen LogP) is 0.589. The molecule has 0 amide bonds. The minimum atomic E-state index is -1.78. The molecule has 1 atom stereocenters. The molecule has 0 aliphatic carbocycles. The summed E-state index contributed by atoms with van der Waals surface area (Å²) in [6.45, 7) is 1.93. The molecule has 0 aromatic heterocycles. The molecule has 0 fully saturated rings. The summed E-state index contributed by atoms with van der Waals surface area (Å²) in [5.74, 6) is -1.25. The van der Waals surface area contributed by atoms with Crippen LogP contribution in [0.1, 0.15) is 27.6 Å². The molecule has 0 rings (SSSR count). The molecule has 0 radical (unpaired) electrons.